The quantitative estimate of drug-likeness (QED) is 0.640. The van der Waals surface area contributed by atoms with Gasteiger partial charge in [-0.15, -0.1) is 0 Å². The van der Waals surface area contributed by atoms with Gasteiger partial charge in [0.15, 0.2) is 6.79 Å². The first-order valence-electron chi connectivity index (χ1n) is 4.25. The first kappa shape index (κ1) is 10.2. The minimum absolute atomic E-state index is 0.0587. The summed E-state index contributed by atoms with van der Waals surface area (Å²) in [6, 6.07) is 2.48. The minimum atomic E-state index is -1.23. The number of H-pyrrole nitrogens is 1. The second-order valence-corrected chi connectivity index (χ2v) is 2.96. The molecule has 84 valence electrons. The van der Waals surface area contributed by atoms with Crippen LogP contribution in [0.3, 0.4) is 0 Å². The zero-order valence-electron chi connectivity index (χ0n) is 7.89. The normalized spacial score (nSPS) is 10.6. The maximum absolute atomic E-state index is 11.2. The average Bonchev–Trinajstić information content (AvgIpc) is 2.60. The molecule has 0 aliphatic carbocycles. The average molecular weight is 225 g/mol. The van der Waals surface area contributed by atoms with Gasteiger partial charge < -0.3 is 19.5 Å². The fourth-order valence-corrected chi connectivity index (χ4v) is 1.37. The van der Waals surface area contributed by atoms with Crippen LogP contribution in [0, 0.1) is 0 Å². The smallest absolute Gasteiger partial charge is 0.365 e. The SMILES string of the molecule is O=C(O)c1cc(OCO)cc2c(=O)o[nH]c12. The number of aliphatic hydroxyl groups is 1. The van der Waals surface area contributed by atoms with Gasteiger partial charge in [-0.25, -0.2) is 14.7 Å². The van der Waals surface area contributed by atoms with Crippen LogP contribution in [-0.2, 0) is 0 Å². The summed E-state index contributed by atoms with van der Waals surface area (Å²) in [6.07, 6.45) is 0. The molecule has 0 radical (unpaired) electrons. The number of benzene rings is 1. The van der Waals surface area contributed by atoms with Crippen molar-refractivity contribution in [3.63, 3.8) is 0 Å². The number of rotatable bonds is 3. The Morgan fingerprint density at radius 3 is 2.88 bits per heavy atom. The number of carbonyl (C=O) groups is 1. The molecule has 16 heavy (non-hydrogen) atoms. The number of hydrogen-bond acceptors (Lipinski definition) is 5. The lowest BCUT2D eigenvalue weighted by atomic mass is 10.1. The first-order chi connectivity index (χ1) is 7.63. The van der Waals surface area contributed by atoms with E-state index in [-0.39, 0.29) is 22.2 Å². The van der Waals surface area contributed by atoms with Crippen LogP contribution in [0.15, 0.2) is 21.5 Å². The molecule has 0 fully saturated rings. The summed E-state index contributed by atoms with van der Waals surface area (Å²) in [5.41, 5.74) is -0.768. The van der Waals surface area contributed by atoms with E-state index < -0.39 is 18.4 Å². The zero-order valence-corrected chi connectivity index (χ0v) is 7.89. The number of aromatic carboxylic acids is 1. The Balaban J connectivity index is 2.75. The number of aromatic amines is 1. The second kappa shape index (κ2) is 3.70. The van der Waals surface area contributed by atoms with Gasteiger partial charge in [0.05, 0.1) is 10.9 Å². The zero-order chi connectivity index (χ0) is 11.7. The minimum Gasteiger partial charge on any atom is -0.478 e. The summed E-state index contributed by atoms with van der Waals surface area (Å²) in [7, 11) is 0. The monoisotopic (exact) mass is 225 g/mol. The molecule has 7 nitrogen and oxygen atoms in total. The van der Waals surface area contributed by atoms with Crippen LogP contribution >= 0.6 is 0 Å². The van der Waals surface area contributed by atoms with E-state index in [1.54, 1.807) is 0 Å². The molecule has 1 aromatic heterocycles. The number of ether oxygens (including phenoxy) is 1. The van der Waals surface area contributed by atoms with E-state index in [1.807, 2.05) is 0 Å². The highest BCUT2D eigenvalue weighted by molar-refractivity contribution is 6.02. The van der Waals surface area contributed by atoms with Gasteiger partial charge in [-0.2, -0.15) is 0 Å². The van der Waals surface area contributed by atoms with Crippen LogP contribution in [0.2, 0.25) is 0 Å². The van der Waals surface area contributed by atoms with Crippen LogP contribution in [0.5, 0.6) is 5.75 Å². The van der Waals surface area contributed by atoms with Crippen molar-refractivity contribution in [2.24, 2.45) is 0 Å². The van der Waals surface area contributed by atoms with E-state index in [9.17, 15) is 9.59 Å². The highest BCUT2D eigenvalue weighted by atomic mass is 16.6. The van der Waals surface area contributed by atoms with Crippen LogP contribution in [0.4, 0.5) is 0 Å². The van der Waals surface area contributed by atoms with Gasteiger partial charge in [0.1, 0.15) is 11.3 Å². The number of carboxylic acids is 1. The molecule has 1 heterocycles. The molecule has 1 aromatic carbocycles. The molecule has 0 bridgehead atoms. The molecule has 0 aliphatic rings. The number of hydrogen-bond donors (Lipinski definition) is 3. The predicted molar refractivity (Wildman–Crippen MR) is 51.5 cm³/mol. The Morgan fingerprint density at radius 2 is 2.25 bits per heavy atom. The Bertz CT molecular complexity index is 596. The Kier molecular flexibility index (Phi) is 2.37. The number of aromatic nitrogens is 1. The van der Waals surface area contributed by atoms with E-state index in [1.165, 1.54) is 12.1 Å². The number of nitrogens with one attached hydrogen (secondary N) is 1. The van der Waals surface area contributed by atoms with Crippen molar-refractivity contribution in [3.8, 4) is 5.75 Å². The van der Waals surface area contributed by atoms with Gasteiger partial charge in [0, 0.05) is 0 Å². The molecule has 0 unspecified atom stereocenters. The summed E-state index contributed by atoms with van der Waals surface area (Å²) in [6.45, 7) is -0.611. The van der Waals surface area contributed by atoms with Gasteiger partial charge in [0.2, 0.25) is 0 Å². The fourth-order valence-electron chi connectivity index (χ4n) is 1.37. The van der Waals surface area contributed by atoms with E-state index in [4.69, 9.17) is 14.9 Å². The van der Waals surface area contributed by atoms with Gasteiger partial charge >= 0.3 is 11.6 Å². The summed E-state index contributed by atoms with van der Waals surface area (Å²) < 4.78 is 9.20. The number of fused-ring (bicyclic) bond motifs is 1. The van der Waals surface area contributed by atoms with Crippen molar-refractivity contribution in [3.05, 3.63) is 28.1 Å². The molecule has 0 atom stereocenters. The molecule has 0 amide bonds. The third-order valence-electron chi connectivity index (χ3n) is 2.04. The largest absolute Gasteiger partial charge is 0.478 e. The Labute approximate surface area is 87.8 Å². The summed E-state index contributed by atoms with van der Waals surface area (Å²) >= 11 is 0. The molecule has 0 aliphatic heterocycles. The maximum Gasteiger partial charge on any atom is 0.365 e. The topological polar surface area (TPSA) is 113 Å². The van der Waals surface area contributed by atoms with Crippen LogP contribution in [0.25, 0.3) is 10.9 Å². The van der Waals surface area contributed by atoms with Gasteiger partial charge in [-0.1, -0.05) is 0 Å². The summed E-state index contributed by atoms with van der Waals surface area (Å²) in [5.74, 6) is -1.15. The lowest BCUT2D eigenvalue weighted by Gasteiger charge is -2.03. The van der Waals surface area contributed by atoms with Crippen molar-refractivity contribution in [1.29, 1.82) is 0 Å². The molecule has 2 rings (SSSR count). The molecule has 7 heteroatoms. The lowest BCUT2D eigenvalue weighted by Crippen LogP contribution is -2.02. The standard InChI is InChI=1S/C9H7NO6/c11-3-15-4-1-5(8(12)13)7-6(2-4)9(14)16-10-7/h1-2,10-11H,3H2,(H,12,13). The molecular weight excluding hydrogens is 218 g/mol. The molecule has 3 N–H and O–H groups in total. The Morgan fingerprint density at radius 1 is 1.50 bits per heavy atom. The van der Waals surface area contributed by atoms with Gasteiger partial charge in [-0.3, -0.25) is 0 Å². The molecular formula is C9H7NO6. The third kappa shape index (κ3) is 1.52. The van der Waals surface area contributed by atoms with E-state index >= 15 is 0 Å². The van der Waals surface area contributed by atoms with Crippen LogP contribution in [-0.4, -0.2) is 28.1 Å². The van der Waals surface area contributed by atoms with Crippen molar-refractivity contribution in [1.82, 2.24) is 5.16 Å². The molecule has 0 spiro atoms. The predicted octanol–water partition coefficient (Wildman–Crippen LogP) is 0.148. The van der Waals surface area contributed by atoms with Gasteiger partial charge in [-0.05, 0) is 12.1 Å². The third-order valence-corrected chi connectivity index (χ3v) is 2.04. The number of carboxylic acid groups (broad SMARTS) is 1. The first-order valence-corrected chi connectivity index (χ1v) is 4.25. The molecule has 2 aromatic rings. The molecule has 0 saturated carbocycles. The summed E-state index contributed by atoms with van der Waals surface area (Å²) in [5, 5.41) is 19.7. The van der Waals surface area contributed by atoms with Crippen molar-refractivity contribution in [2.75, 3.05) is 6.79 Å². The fraction of sp³-hybridized carbons (Fsp3) is 0.111. The van der Waals surface area contributed by atoms with E-state index in [2.05, 4.69) is 9.68 Å². The van der Waals surface area contributed by atoms with Gasteiger partial charge in [0.25, 0.3) is 0 Å². The van der Waals surface area contributed by atoms with Crippen molar-refractivity contribution in [2.45, 2.75) is 0 Å². The second-order valence-electron chi connectivity index (χ2n) is 2.96. The van der Waals surface area contributed by atoms with Crippen LogP contribution < -0.4 is 10.4 Å². The maximum atomic E-state index is 11.2. The van der Waals surface area contributed by atoms with E-state index in [0.717, 1.165) is 0 Å². The summed E-state index contributed by atoms with van der Waals surface area (Å²) in [4.78, 5) is 22.1. The van der Waals surface area contributed by atoms with Crippen molar-refractivity contribution < 1.29 is 24.3 Å². The van der Waals surface area contributed by atoms with Crippen LogP contribution in [0.1, 0.15) is 10.4 Å². The number of aliphatic hydroxyl groups excluding tert-OH is 1. The highest BCUT2D eigenvalue weighted by Gasteiger charge is 2.15. The van der Waals surface area contributed by atoms with E-state index in [0.29, 0.717) is 0 Å². The lowest BCUT2D eigenvalue weighted by molar-refractivity contribution is 0.0695. The van der Waals surface area contributed by atoms with Crippen molar-refractivity contribution >= 4 is 16.9 Å². The Hall–Kier alpha value is -2.28. The highest BCUT2D eigenvalue weighted by Crippen LogP contribution is 2.22. The molecule has 0 saturated heterocycles.